The molecule has 3 heteroatoms. The van der Waals surface area contributed by atoms with Crippen molar-refractivity contribution in [3.8, 4) is 5.69 Å². The molecule has 3 nitrogen and oxygen atoms in total. The molecule has 1 aromatic carbocycles. The molecule has 0 aliphatic rings. The van der Waals surface area contributed by atoms with Crippen molar-refractivity contribution in [2.75, 3.05) is 12.4 Å². The molecule has 0 spiro atoms. The molecule has 2 atom stereocenters. The molecule has 0 aliphatic heterocycles. The number of ether oxygens (including phenoxy) is 1. The Hall–Kier alpha value is -1.74. The Morgan fingerprint density at radius 2 is 1.83 bits per heavy atom. The maximum atomic E-state index is 5.32. The smallest absolute Gasteiger partial charge is 0.0741 e. The van der Waals surface area contributed by atoms with Crippen molar-refractivity contribution in [2.45, 2.75) is 26.0 Å². The standard InChI is InChI=1S/C15H20N2O/c1-12(13(2)18-3)16-14-7-6-8-15(11-14)17-9-4-5-10-17/h4-13,16H,1-3H3. The van der Waals surface area contributed by atoms with Crippen LogP contribution in [0.15, 0.2) is 48.8 Å². The second-order valence-electron chi connectivity index (χ2n) is 4.51. The molecule has 1 aromatic heterocycles. The fraction of sp³-hybridized carbons (Fsp3) is 0.333. The molecule has 0 amide bonds. The first kappa shape index (κ1) is 12.7. The van der Waals surface area contributed by atoms with E-state index in [2.05, 4.69) is 48.0 Å². The lowest BCUT2D eigenvalue weighted by Crippen LogP contribution is -2.29. The van der Waals surface area contributed by atoms with E-state index in [0.29, 0.717) is 0 Å². The van der Waals surface area contributed by atoms with E-state index in [0.717, 1.165) is 11.4 Å². The molecule has 1 N–H and O–H groups in total. The highest BCUT2D eigenvalue weighted by molar-refractivity contribution is 5.51. The summed E-state index contributed by atoms with van der Waals surface area (Å²) in [4.78, 5) is 0. The van der Waals surface area contributed by atoms with E-state index >= 15 is 0 Å². The number of benzene rings is 1. The van der Waals surface area contributed by atoms with Crippen molar-refractivity contribution < 1.29 is 4.74 Å². The molecule has 0 saturated heterocycles. The van der Waals surface area contributed by atoms with Crippen LogP contribution in [0.5, 0.6) is 0 Å². The summed E-state index contributed by atoms with van der Waals surface area (Å²) < 4.78 is 7.41. The largest absolute Gasteiger partial charge is 0.380 e. The molecule has 2 aromatic rings. The Labute approximate surface area is 108 Å². The van der Waals surface area contributed by atoms with Crippen LogP contribution in [0.3, 0.4) is 0 Å². The van der Waals surface area contributed by atoms with Crippen LogP contribution in [0.1, 0.15) is 13.8 Å². The van der Waals surface area contributed by atoms with E-state index in [1.165, 1.54) is 0 Å². The van der Waals surface area contributed by atoms with Crippen LogP contribution in [0.2, 0.25) is 0 Å². The highest BCUT2D eigenvalue weighted by Gasteiger charge is 2.10. The zero-order valence-corrected chi connectivity index (χ0v) is 11.1. The number of hydrogen-bond acceptors (Lipinski definition) is 2. The Kier molecular flexibility index (Phi) is 4.05. The van der Waals surface area contributed by atoms with Crippen LogP contribution in [0.4, 0.5) is 5.69 Å². The molecule has 18 heavy (non-hydrogen) atoms. The second kappa shape index (κ2) is 5.74. The Bertz CT molecular complexity index is 479. The first-order valence-corrected chi connectivity index (χ1v) is 6.23. The number of anilines is 1. The molecule has 96 valence electrons. The van der Waals surface area contributed by atoms with Crippen molar-refractivity contribution >= 4 is 5.69 Å². The van der Waals surface area contributed by atoms with Gasteiger partial charge in [0.1, 0.15) is 0 Å². The van der Waals surface area contributed by atoms with E-state index in [1.807, 2.05) is 24.5 Å². The summed E-state index contributed by atoms with van der Waals surface area (Å²) >= 11 is 0. The summed E-state index contributed by atoms with van der Waals surface area (Å²) in [5.74, 6) is 0. The molecule has 0 fully saturated rings. The van der Waals surface area contributed by atoms with Gasteiger partial charge < -0.3 is 14.6 Å². The number of nitrogens with zero attached hydrogens (tertiary/aromatic N) is 1. The van der Waals surface area contributed by atoms with Gasteiger partial charge in [-0.15, -0.1) is 0 Å². The summed E-state index contributed by atoms with van der Waals surface area (Å²) in [5.41, 5.74) is 2.26. The quantitative estimate of drug-likeness (QED) is 0.873. The summed E-state index contributed by atoms with van der Waals surface area (Å²) in [7, 11) is 1.74. The fourth-order valence-electron chi connectivity index (χ4n) is 1.85. The van der Waals surface area contributed by atoms with Crippen molar-refractivity contribution in [1.82, 2.24) is 4.57 Å². The number of nitrogens with one attached hydrogen (secondary N) is 1. The minimum Gasteiger partial charge on any atom is -0.380 e. The van der Waals surface area contributed by atoms with Gasteiger partial charge in [-0.25, -0.2) is 0 Å². The molecule has 1 heterocycles. The summed E-state index contributed by atoms with van der Waals surface area (Å²) in [5, 5.41) is 3.46. The van der Waals surface area contributed by atoms with Crippen LogP contribution >= 0.6 is 0 Å². The van der Waals surface area contributed by atoms with E-state index in [9.17, 15) is 0 Å². The monoisotopic (exact) mass is 244 g/mol. The SMILES string of the molecule is COC(C)C(C)Nc1cccc(-n2cccc2)c1. The molecule has 2 rings (SSSR count). The first-order chi connectivity index (χ1) is 8.70. The maximum Gasteiger partial charge on any atom is 0.0741 e. The summed E-state index contributed by atoms with van der Waals surface area (Å²) in [6.07, 6.45) is 4.26. The van der Waals surface area contributed by atoms with Gasteiger partial charge >= 0.3 is 0 Å². The normalized spacial score (nSPS) is 14.2. The maximum absolute atomic E-state index is 5.32. The van der Waals surface area contributed by atoms with Crippen LogP contribution in [-0.2, 0) is 4.74 Å². The van der Waals surface area contributed by atoms with Gasteiger partial charge in [-0.3, -0.25) is 0 Å². The predicted octanol–water partition coefficient (Wildman–Crippen LogP) is 3.31. The van der Waals surface area contributed by atoms with Crippen molar-refractivity contribution in [1.29, 1.82) is 0 Å². The van der Waals surface area contributed by atoms with E-state index in [1.54, 1.807) is 7.11 Å². The summed E-state index contributed by atoms with van der Waals surface area (Å²) in [6.45, 7) is 4.18. The average Bonchev–Trinajstić information content (AvgIpc) is 2.92. The third-order valence-electron chi connectivity index (χ3n) is 3.22. The van der Waals surface area contributed by atoms with E-state index in [-0.39, 0.29) is 12.1 Å². The molecule has 0 bridgehead atoms. The van der Waals surface area contributed by atoms with Gasteiger partial charge in [-0.2, -0.15) is 0 Å². The van der Waals surface area contributed by atoms with Crippen molar-refractivity contribution in [3.05, 3.63) is 48.8 Å². The van der Waals surface area contributed by atoms with Crippen molar-refractivity contribution in [3.63, 3.8) is 0 Å². The Morgan fingerprint density at radius 1 is 1.11 bits per heavy atom. The van der Waals surface area contributed by atoms with Gasteiger partial charge in [0.15, 0.2) is 0 Å². The Morgan fingerprint density at radius 3 is 2.50 bits per heavy atom. The average molecular weight is 244 g/mol. The number of aromatic nitrogens is 1. The van der Waals surface area contributed by atoms with Crippen LogP contribution < -0.4 is 5.32 Å². The molecule has 0 saturated carbocycles. The highest BCUT2D eigenvalue weighted by atomic mass is 16.5. The zero-order valence-electron chi connectivity index (χ0n) is 11.1. The molecule has 2 unspecified atom stereocenters. The van der Waals surface area contributed by atoms with E-state index < -0.39 is 0 Å². The topological polar surface area (TPSA) is 26.2 Å². The second-order valence-corrected chi connectivity index (χ2v) is 4.51. The lowest BCUT2D eigenvalue weighted by molar-refractivity contribution is 0.106. The van der Waals surface area contributed by atoms with E-state index in [4.69, 9.17) is 4.74 Å². The summed E-state index contributed by atoms with van der Waals surface area (Å²) in [6, 6.07) is 12.7. The Balaban J connectivity index is 2.13. The van der Waals surface area contributed by atoms with Gasteiger partial charge in [-0.1, -0.05) is 6.07 Å². The van der Waals surface area contributed by atoms with Gasteiger partial charge in [0.2, 0.25) is 0 Å². The number of methoxy groups -OCH3 is 1. The highest BCUT2D eigenvalue weighted by Crippen LogP contribution is 2.16. The van der Waals surface area contributed by atoms with Crippen molar-refractivity contribution in [2.24, 2.45) is 0 Å². The van der Waals surface area contributed by atoms with Gasteiger partial charge in [-0.05, 0) is 44.2 Å². The molecule has 0 radical (unpaired) electrons. The molecular weight excluding hydrogens is 224 g/mol. The first-order valence-electron chi connectivity index (χ1n) is 6.23. The minimum absolute atomic E-state index is 0.181. The molecular formula is C15H20N2O. The lowest BCUT2D eigenvalue weighted by Gasteiger charge is -2.21. The lowest BCUT2D eigenvalue weighted by atomic mass is 10.2. The van der Waals surface area contributed by atoms with Gasteiger partial charge in [0.05, 0.1) is 6.10 Å². The fourth-order valence-corrected chi connectivity index (χ4v) is 1.85. The minimum atomic E-state index is 0.181. The van der Waals surface area contributed by atoms with Gasteiger partial charge in [0, 0.05) is 36.9 Å². The number of rotatable bonds is 5. The predicted molar refractivity (Wildman–Crippen MR) is 75.3 cm³/mol. The molecule has 0 aliphatic carbocycles. The van der Waals surface area contributed by atoms with Crippen LogP contribution in [0.25, 0.3) is 5.69 Å². The zero-order chi connectivity index (χ0) is 13.0. The van der Waals surface area contributed by atoms with Gasteiger partial charge in [0.25, 0.3) is 0 Å². The van der Waals surface area contributed by atoms with Crippen LogP contribution in [-0.4, -0.2) is 23.8 Å². The third-order valence-corrected chi connectivity index (χ3v) is 3.22. The van der Waals surface area contributed by atoms with Crippen LogP contribution in [0, 0.1) is 0 Å². The number of hydrogen-bond donors (Lipinski definition) is 1. The third kappa shape index (κ3) is 2.93.